The minimum atomic E-state index is -0.499. The number of carbonyl (C=O) groups is 2. The van der Waals surface area contributed by atoms with Crippen LogP contribution in [0, 0.1) is 0 Å². The normalized spacial score (nSPS) is 11.2. The van der Waals surface area contributed by atoms with Crippen LogP contribution in [-0.4, -0.2) is 40.4 Å². The third kappa shape index (κ3) is 7.82. The van der Waals surface area contributed by atoms with E-state index in [2.05, 4.69) is 22.3 Å². The summed E-state index contributed by atoms with van der Waals surface area (Å²) in [6.45, 7) is 2.57. The fourth-order valence-electron chi connectivity index (χ4n) is 4.37. The second kappa shape index (κ2) is 15.0. The molecule has 7 nitrogen and oxygen atoms in total. The first kappa shape index (κ1) is 29.1. The summed E-state index contributed by atoms with van der Waals surface area (Å²) in [5.41, 5.74) is 2.69. The Balaban J connectivity index is 1.56. The van der Waals surface area contributed by atoms with Gasteiger partial charge in [-0.2, -0.15) is 9.78 Å². The third-order valence-electron chi connectivity index (χ3n) is 6.51. The first-order valence-electron chi connectivity index (χ1n) is 13.9. The highest BCUT2D eigenvalue weighted by Gasteiger charge is 2.18. The Morgan fingerprint density at radius 1 is 0.950 bits per heavy atom. The molecule has 4 rings (SSSR count). The zero-order valence-electron chi connectivity index (χ0n) is 23.1. The zero-order chi connectivity index (χ0) is 28.2. The molecular formula is C32H36N4O3S. The lowest BCUT2D eigenvalue weighted by Crippen LogP contribution is -2.18. The van der Waals surface area contributed by atoms with Crippen molar-refractivity contribution >= 4 is 46.8 Å². The second-order valence-corrected chi connectivity index (χ2v) is 10.6. The van der Waals surface area contributed by atoms with Gasteiger partial charge in [-0.25, -0.2) is 4.79 Å². The van der Waals surface area contributed by atoms with Crippen LogP contribution in [0.5, 0.6) is 0 Å². The number of pyridine rings is 1. The molecule has 0 spiro atoms. The number of nitrogens with zero attached hydrogens (tertiary/aromatic N) is 3. The van der Waals surface area contributed by atoms with E-state index in [1.165, 1.54) is 42.1 Å². The maximum Gasteiger partial charge on any atom is 0.435 e. The van der Waals surface area contributed by atoms with Gasteiger partial charge in [-0.1, -0.05) is 75.4 Å². The molecule has 0 bridgehead atoms. The van der Waals surface area contributed by atoms with Crippen molar-refractivity contribution < 1.29 is 14.3 Å². The molecule has 0 aliphatic heterocycles. The summed E-state index contributed by atoms with van der Waals surface area (Å²) >= 11 is 1.46. The van der Waals surface area contributed by atoms with Crippen molar-refractivity contribution in [2.75, 3.05) is 13.7 Å². The van der Waals surface area contributed by atoms with E-state index >= 15 is 0 Å². The topological polar surface area (TPSA) is 86.1 Å². The first-order chi connectivity index (χ1) is 19.6. The van der Waals surface area contributed by atoms with Crippen LogP contribution < -0.4 is 5.32 Å². The molecule has 0 aliphatic carbocycles. The fraction of sp³-hybridized carbons (Fsp3) is 0.312. The van der Waals surface area contributed by atoms with E-state index in [9.17, 15) is 9.59 Å². The van der Waals surface area contributed by atoms with Gasteiger partial charge >= 0.3 is 6.09 Å². The Kier molecular flexibility index (Phi) is 10.9. The standard InChI is InChI=1S/C32H36N4O3S/c1-3-4-5-6-7-8-13-22-39-32(38)36-29-23-25(40-30-16-10-9-15-27(30)31(37)33-2)18-19-26(29)28(35-36)20-17-24-14-11-12-21-34-24/h9-12,14-21,23H,3-8,13,22H2,1-2H3,(H,33,37)/b20-17+. The minimum absolute atomic E-state index is 0.148. The van der Waals surface area contributed by atoms with Crippen LogP contribution in [0.2, 0.25) is 0 Å². The van der Waals surface area contributed by atoms with Crippen LogP contribution in [0.4, 0.5) is 4.79 Å². The molecule has 2 aromatic carbocycles. The Morgan fingerprint density at radius 2 is 1.73 bits per heavy atom. The van der Waals surface area contributed by atoms with Crippen LogP contribution in [0.1, 0.15) is 73.6 Å². The molecule has 4 aromatic rings. The molecular weight excluding hydrogens is 520 g/mol. The van der Waals surface area contributed by atoms with E-state index in [0.717, 1.165) is 40.1 Å². The van der Waals surface area contributed by atoms with Crippen molar-refractivity contribution in [3.63, 3.8) is 0 Å². The summed E-state index contributed by atoms with van der Waals surface area (Å²) in [6.07, 6.45) is 13.0. The van der Waals surface area contributed by atoms with Gasteiger partial charge in [0.25, 0.3) is 5.91 Å². The van der Waals surface area contributed by atoms with Gasteiger partial charge in [-0.15, -0.1) is 0 Å². The molecule has 0 unspecified atom stereocenters. The van der Waals surface area contributed by atoms with Crippen molar-refractivity contribution in [3.8, 4) is 0 Å². The molecule has 2 aromatic heterocycles. The van der Waals surface area contributed by atoms with Gasteiger partial charge in [0.15, 0.2) is 0 Å². The Hall–Kier alpha value is -3.91. The molecule has 40 heavy (non-hydrogen) atoms. The maximum absolute atomic E-state index is 13.2. The van der Waals surface area contributed by atoms with Gasteiger partial charge in [-0.3, -0.25) is 9.78 Å². The second-order valence-electron chi connectivity index (χ2n) is 9.48. The number of fused-ring (bicyclic) bond motifs is 1. The molecule has 0 atom stereocenters. The molecule has 1 N–H and O–H groups in total. The SMILES string of the molecule is CCCCCCCCCOC(=O)n1nc(/C=C/c2ccccn2)c2ccc(Sc3ccccc3C(=O)NC)cc21. The van der Waals surface area contributed by atoms with E-state index in [1.807, 2.05) is 66.7 Å². The summed E-state index contributed by atoms with van der Waals surface area (Å²) in [4.78, 5) is 31.6. The Morgan fingerprint density at radius 3 is 2.50 bits per heavy atom. The molecule has 0 aliphatic rings. The molecule has 1 amide bonds. The highest BCUT2D eigenvalue weighted by Crippen LogP contribution is 2.33. The summed E-state index contributed by atoms with van der Waals surface area (Å²) < 4.78 is 6.97. The van der Waals surface area contributed by atoms with E-state index in [-0.39, 0.29) is 5.91 Å². The lowest BCUT2D eigenvalue weighted by atomic mass is 10.1. The Labute approximate surface area is 240 Å². The summed E-state index contributed by atoms with van der Waals surface area (Å²) in [5.74, 6) is -0.148. The van der Waals surface area contributed by atoms with Crippen molar-refractivity contribution in [2.24, 2.45) is 0 Å². The maximum atomic E-state index is 13.2. The highest BCUT2D eigenvalue weighted by molar-refractivity contribution is 7.99. The number of hydrogen-bond donors (Lipinski definition) is 1. The molecule has 0 saturated heterocycles. The summed E-state index contributed by atoms with van der Waals surface area (Å²) in [6, 6.07) is 19.0. The molecule has 0 fully saturated rings. The zero-order valence-corrected chi connectivity index (χ0v) is 24.0. The number of aromatic nitrogens is 3. The third-order valence-corrected chi connectivity index (χ3v) is 7.58. The van der Waals surface area contributed by atoms with Crippen molar-refractivity contribution in [2.45, 2.75) is 61.7 Å². The number of ether oxygens (including phenoxy) is 1. The van der Waals surface area contributed by atoms with E-state index in [4.69, 9.17) is 4.74 Å². The molecule has 2 heterocycles. The smallest absolute Gasteiger partial charge is 0.435 e. The monoisotopic (exact) mass is 556 g/mol. The van der Waals surface area contributed by atoms with Crippen molar-refractivity contribution in [1.82, 2.24) is 20.1 Å². The molecule has 208 valence electrons. The van der Waals surface area contributed by atoms with Crippen LogP contribution >= 0.6 is 11.8 Å². The summed E-state index contributed by atoms with van der Waals surface area (Å²) in [5, 5.41) is 8.13. The highest BCUT2D eigenvalue weighted by atomic mass is 32.2. The Bertz CT molecular complexity index is 1450. The quantitative estimate of drug-likeness (QED) is 0.169. The van der Waals surface area contributed by atoms with E-state index in [1.54, 1.807) is 19.3 Å². The number of benzene rings is 2. The number of amides is 1. The lowest BCUT2D eigenvalue weighted by molar-refractivity contribution is 0.0960. The van der Waals surface area contributed by atoms with Crippen LogP contribution in [-0.2, 0) is 4.74 Å². The average molecular weight is 557 g/mol. The fourth-order valence-corrected chi connectivity index (χ4v) is 5.35. The summed E-state index contributed by atoms with van der Waals surface area (Å²) in [7, 11) is 1.62. The van der Waals surface area contributed by atoms with Crippen LogP contribution in [0.15, 0.2) is 76.7 Å². The number of nitrogens with one attached hydrogen (secondary N) is 1. The minimum Gasteiger partial charge on any atom is -0.448 e. The number of rotatable bonds is 13. The van der Waals surface area contributed by atoms with Gasteiger partial charge in [-0.05, 0) is 61.0 Å². The van der Waals surface area contributed by atoms with Crippen molar-refractivity contribution in [3.05, 3.63) is 83.8 Å². The van der Waals surface area contributed by atoms with E-state index in [0.29, 0.717) is 23.4 Å². The largest absolute Gasteiger partial charge is 0.448 e. The number of hydrogen-bond acceptors (Lipinski definition) is 6. The first-order valence-corrected chi connectivity index (χ1v) is 14.7. The van der Waals surface area contributed by atoms with Gasteiger partial charge in [0, 0.05) is 28.4 Å². The van der Waals surface area contributed by atoms with Gasteiger partial charge in [0.05, 0.1) is 29.1 Å². The van der Waals surface area contributed by atoms with Crippen LogP contribution in [0.25, 0.3) is 23.1 Å². The molecule has 0 radical (unpaired) electrons. The lowest BCUT2D eigenvalue weighted by Gasteiger charge is -2.09. The van der Waals surface area contributed by atoms with E-state index < -0.39 is 6.09 Å². The van der Waals surface area contributed by atoms with Gasteiger partial charge in [0.2, 0.25) is 0 Å². The predicted octanol–water partition coefficient (Wildman–Crippen LogP) is 7.85. The van der Waals surface area contributed by atoms with Gasteiger partial charge in [0.1, 0.15) is 0 Å². The van der Waals surface area contributed by atoms with Crippen LogP contribution in [0.3, 0.4) is 0 Å². The molecule has 0 saturated carbocycles. The molecule has 8 heteroatoms. The average Bonchev–Trinajstić information content (AvgIpc) is 3.35. The van der Waals surface area contributed by atoms with Gasteiger partial charge < -0.3 is 10.1 Å². The van der Waals surface area contributed by atoms with Crippen molar-refractivity contribution in [1.29, 1.82) is 0 Å². The number of unbranched alkanes of at least 4 members (excludes halogenated alkanes) is 6. The predicted molar refractivity (Wildman–Crippen MR) is 162 cm³/mol. The number of carbonyl (C=O) groups excluding carboxylic acids is 2.